The molecule has 2 aromatic rings. The van der Waals surface area contributed by atoms with E-state index >= 15 is 0 Å². The second kappa shape index (κ2) is 10.7. The number of carbonyl (C=O) groups is 3. The van der Waals surface area contributed by atoms with Crippen molar-refractivity contribution >= 4 is 29.2 Å². The first-order valence-corrected chi connectivity index (χ1v) is 12.5. The summed E-state index contributed by atoms with van der Waals surface area (Å²) >= 11 is 0. The van der Waals surface area contributed by atoms with Gasteiger partial charge in [-0.05, 0) is 36.4 Å². The highest BCUT2D eigenvalue weighted by Gasteiger charge is 2.30. The number of halogens is 2. The molecule has 0 unspecified atom stereocenters. The Labute approximate surface area is 215 Å². The minimum absolute atomic E-state index is 0.0878. The number of piperazine rings is 2. The summed E-state index contributed by atoms with van der Waals surface area (Å²) in [7, 11) is 0. The lowest BCUT2D eigenvalue weighted by atomic mass is 9.94. The van der Waals surface area contributed by atoms with Gasteiger partial charge in [-0.1, -0.05) is 26.8 Å². The Hall–Kier alpha value is -3.69. The van der Waals surface area contributed by atoms with E-state index in [0.29, 0.717) is 63.7 Å². The topological polar surface area (TPSA) is 76.2 Å². The Balaban J connectivity index is 1.29. The van der Waals surface area contributed by atoms with E-state index in [1.165, 1.54) is 24.3 Å². The van der Waals surface area contributed by atoms with Crippen molar-refractivity contribution in [3.63, 3.8) is 0 Å². The normalized spacial score (nSPS) is 16.6. The molecular weight excluding hydrogens is 480 g/mol. The molecule has 4 amide bonds. The maximum atomic E-state index is 14.9. The van der Waals surface area contributed by atoms with Gasteiger partial charge in [-0.2, -0.15) is 0 Å². The molecule has 2 aliphatic rings. The van der Waals surface area contributed by atoms with E-state index in [2.05, 4.69) is 5.32 Å². The number of rotatable bonds is 3. The molecule has 198 valence electrons. The zero-order chi connectivity index (χ0) is 26.7. The summed E-state index contributed by atoms with van der Waals surface area (Å²) in [6, 6.07) is 9.76. The van der Waals surface area contributed by atoms with Gasteiger partial charge in [-0.15, -0.1) is 0 Å². The van der Waals surface area contributed by atoms with Crippen LogP contribution >= 0.6 is 0 Å². The van der Waals surface area contributed by atoms with Crippen LogP contribution in [0.3, 0.4) is 0 Å². The number of hydrogen-bond donors (Lipinski definition) is 1. The second-order valence-electron chi connectivity index (χ2n) is 10.4. The summed E-state index contributed by atoms with van der Waals surface area (Å²) in [6.45, 7) is 9.05. The molecule has 0 radical (unpaired) electrons. The van der Waals surface area contributed by atoms with Gasteiger partial charge in [0.1, 0.15) is 11.6 Å². The summed E-state index contributed by atoms with van der Waals surface area (Å²) in [5.74, 6) is -1.11. The van der Waals surface area contributed by atoms with Gasteiger partial charge in [-0.3, -0.25) is 9.59 Å². The number of carbonyl (C=O) groups excluding carboxylic acids is 3. The predicted molar refractivity (Wildman–Crippen MR) is 138 cm³/mol. The fourth-order valence-electron chi connectivity index (χ4n) is 4.59. The molecule has 0 aromatic heterocycles. The minimum atomic E-state index is -0.472. The Morgan fingerprint density at radius 1 is 0.784 bits per heavy atom. The lowest BCUT2D eigenvalue weighted by molar-refractivity contribution is -0.139. The molecule has 2 fully saturated rings. The Bertz CT molecular complexity index is 1170. The van der Waals surface area contributed by atoms with E-state index in [0.717, 1.165) is 0 Å². The van der Waals surface area contributed by atoms with Crippen LogP contribution in [0.15, 0.2) is 42.5 Å². The summed E-state index contributed by atoms with van der Waals surface area (Å²) in [5.41, 5.74) is 0.601. The zero-order valence-corrected chi connectivity index (χ0v) is 21.5. The fraction of sp³-hybridized carbons (Fsp3) is 0.444. The maximum absolute atomic E-state index is 14.9. The number of anilines is 2. The first-order chi connectivity index (χ1) is 17.5. The number of amides is 4. The smallest absolute Gasteiger partial charge is 0.321 e. The lowest BCUT2D eigenvalue weighted by Crippen LogP contribution is -2.52. The van der Waals surface area contributed by atoms with Crippen molar-refractivity contribution in [2.24, 2.45) is 5.41 Å². The van der Waals surface area contributed by atoms with Crippen molar-refractivity contribution in [1.29, 1.82) is 0 Å². The van der Waals surface area contributed by atoms with Crippen LogP contribution in [0, 0.1) is 17.0 Å². The zero-order valence-electron chi connectivity index (χ0n) is 21.5. The van der Waals surface area contributed by atoms with Crippen molar-refractivity contribution < 1.29 is 23.2 Å². The second-order valence-corrected chi connectivity index (χ2v) is 10.4. The standard InChI is InChI=1S/C27H33F2N5O3/c1-27(2,3)25(36)33-13-9-31(10-14-33)23-8-7-21(18-22(23)29)30-26(37)34-15-11-32(12-16-34)24(35)19-5-4-6-20(28)17-19/h4-8,17-18H,9-16H2,1-3H3,(H,30,37). The third-order valence-corrected chi connectivity index (χ3v) is 6.67. The summed E-state index contributed by atoms with van der Waals surface area (Å²) in [6.07, 6.45) is 0. The summed E-state index contributed by atoms with van der Waals surface area (Å²) in [5, 5.41) is 2.73. The molecule has 0 saturated carbocycles. The highest BCUT2D eigenvalue weighted by molar-refractivity contribution is 5.94. The van der Waals surface area contributed by atoms with Crippen LogP contribution in [0.4, 0.5) is 25.0 Å². The van der Waals surface area contributed by atoms with Gasteiger partial charge in [0.25, 0.3) is 5.91 Å². The number of hydrogen-bond acceptors (Lipinski definition) is 4. The Morgan fingerprint density at radius 2 is 1.41 bits per heavy atom. The van der Waals surface area contributed by atoms with Crippen molar-refractivity contribution in [2.75, 3.05) is 62.6 Å². The number of urea groups is 1. The fourth-order valence-corrected chi connectivity index (χ4v) is 4.59. The number of nitrogens with zero attached hydrogens (tertiary/aromatic N) is 4. The largest absolute Gasteiger partial charge is 0.366 e. The van der Waals surface area contributed by atoms with Gasteiger partial charge in [0.05, 0.1) is 5.69 Å². The molecule has 0 bridgehead atoms. The molecule has 2 heterocycles. The van der Waals surface area contributed by atoms with Crippen molar-refractivity contribution in [3.8, 4) is 0 Å². The molecule has 8 nitrogen and oxygen atoms in total. The van der Waals surface area contributed by atoms with Gasteiger partial charge in [0, 0.05) is 69.0 Å². The molecule has 0 atom stereocenters. The van der Waals surface area contributed by atoms with Gasteiger partial charge < -0.3 is 24.9 Å². The first-order valence-electron chi connectivity index (χ1n) is 12.5. The van der Waals surface area contributed by atoms with Gasteiger partial charge in [0.15, 0.2) is 0 Å². The molecule has 2 aliphatic heterocycles. The van der Waals surface area contributed by atoms with E-state index in [-0.39, 0.29) is 23.4 Å². The monoisotopic (exact) mass is 513 g/mol. The molecule has 10 heteroatoms. The van der Waals surface area contributed by atoms with E-state index in [1.54, 1.807) is 28.0 Å². The Morgan fingerprint density at radius 3 is 2.00 bits per heavy atom. The van der Waals surface area contributed by atoms with E-state index in [1.807, 2.05) is 30.6 Å². The van der Waals surface area contributed by atoms with Crippen LogP contribution in [0.1, 0.15) is 31.1 Å². The predicted octanol–water partition coefficient (Wildman–Crippen LogP) is 3.65. The molecule has 37 heavy (non-hydrogen) atoms. The van der Waals surface area contributed by atoms with Crippen molar-refractivity contribution in [2.45, 2.75) is 20.8 Å². The lowest BCUT2D eigenvalue weighted by Gasteiger charge is -2.38. The number of benzene rings is 2. The third-order valence-electron chi connectivity index (χ3n) is 6.67. The first kappa shape index (κ1) is 26.4. The summed E-state index contributed by atoms with van der Waals surface area (Å²) in [4.78, 5) is 44.7. The average molecular weight is 514 g/mol. The molecule has 0 spiro atoms. The van der Waals surface area contributed by atoms with Crippen molar-refractivity contribution in [3.05, 3.63) is 59.7 Å². The highest BCUT2D eigenvalue weighted by Crippen LogP contribution is 2.26. The van der Waals surface area contributed by atoms with Gasteiger partial charge >= 0.3 is 6.03 Å². The molecule has 2 aromatic carbocycles. The highest BCUT2D eigenvalue weighted by atomic mass is 19.1. The molecule has 1 N–H and O–H groups in total. The quantitative estimate of drug-likeness (QED) is 0.680. The molecule has 2 saturated heterocycles. The SMILES string of the molecule is CC(C)(C)C(=O)N1CCN(c2ccc(NC(=O)N3CCN(C(=O)c4cccc(F)c4)CC3)cc2F)CC1. The third kappa shape index (κ3) is 6.18. The van der Waals surface area contributed by atoms with Crippen LogP contribution in [-0.4, -0.2) is 84.9 Å². The van der Waals surface area contributed by atoms with E-state index in [9.17, 15) is 23.2 Å². The number of nitrogens with one attached hydrogen (secondary N) is 1. The van der Waals surface area contributed by atoms with Gasteiger partial charge in [0.2, 0.25) is 5.91 Å². The van der Waals surface area contributed by atoms with E-state index < -0.39 is 17.0 Å². The van der Waals surface area contributed by atoms with Crippen LogP contribution < -0.4 is 10.2 Å². The van der Waals surface area contributed by atoms with E-state index in [4.69, 9.17) is 0 Å². The Kier molecular flexibility index (Phi) is 7.65. The van der Waals surface area contributed by atoms with Crippen LogP contribution in [0.5, 0.6) is 0 Å². The van der Waals surface area contributed by atoms with Crippen LogP contribution in [0.25, 0.3) is 0 Å². The van der Waals surface area contributed by atoms with Crippen LogP contribution in [-0.2, 0) is 4.79 Å². The van der Waals surface area contributed by atoms with Crippen LogP contribution in [0.2, 0.25) is 0 Å². The minimum Gasteiger partial charge on any atom is -0.366 e. The van der Waals surface area contributed by atoms with Gasteiger partial charge in [-0.25, -0.2) is 13.6 Å². The summed E-state index contributed by atoms with van der Waals surface area (Å²) < 4.78 is 28.4. The molecule has 0 aliphatic carbocycles. The van der Waals surface area contributed by atoms with Crippen molar-refractivity contribution in [1.82, 2.24) is 14.7 Å². The maximum Gasteiger partial charge on any atom is 0.321 e. The average Bonchev–Trinajstić information content (AvgIpc) is 2.87. The molecule has 4 rings (SSSR count). The molecular formula is C27H33F2N5O3.